The molecule has 8 nitrogen and oxygen atoms in total. The van der Waals surface area contributed by atoms with Gasteiger partial charge in [-0.25, -0.2) is 13.9 Å². The molecule has 9 heteroatoms. The van der Waals surface area contributed by atoms with Gasteiger partial charge < -0.3 is 19.5 Å². The molecule has 3 aromatic carbocycles. The topological polar surface area (TPSA) is 91.7 Å². The summed E-state index contributed by atoms with van der Waals surface area (Å²) in [7, 11) is 1.56. The van der Waals surface area contributed by atoms with Crippen LogP contribution in [0.4, 0.5) is 4.39 Å². The van der Waals surface area contributed by atoms with Crippen LogP contribution < -0.4 is 14.8 Å². The third-order valence-electron chi connectivity index (χ3n) is 5.64. The molecule has 192 valence electrons. The summed E-state index contributed by atoms with van der Waals surface area (Å²) in [6.07, 6.45) is 0.621. The third kappa shape index (κ3) is 6.06. The summed E-state index contributed by atoms with van der Waals surface area (Å²) in [6, 6.07) is 18.2. The summed E-state index contributed by atoms with van der Waals surface area (Å²) in [5.41, 5.74) is 2.28. The van der Waals surface area contributed by atoms with Crippen molar-refractivity contribution in [3.63, 3.8) is 0 Å². The zero-order valence-electron chi connectivity index (χ0n) is 21.0. The van der Waals surface area contributed by atoms with Gasteiger partial charge in [-0.15, -0.1) is 0 Å². The minimum atomic E-state index is -0.958. The number of amides is 1. The van der Waals surface area contributed by atoms with Crippen molar-refractivity contribution in [3.8, 4) is 17.2 Å². The van der Waals surface area contributed by atoms with E-state index in [0.29, 0.717) is 11.5 Å². The monoisotopic (exact) mass is 505 g/mol. The van der Waals surface area contributed by atoms with Gasteiger partial charge in [-0.05, 0) is 80.9 Å². The Kier molecular flexibility index (Phi) is 7.71. The number of aromatic nitrogens is 2. The summed E-state index contributed by atoms with van der Waals surface area (Å²) in [5, 5.41) is 7.92. The number of esters is 1. The lowest BCUT2D eigenvalue weighted by Gasteiger charge is -2.26. The fourth-order valence-corrected chi connectivity index (χ4v) is 3.91. The number of rotatable bonds is 8. The molecule has 0 aliphatic rings. The highest BCUT2D eigenvalue weighted by molar-refractivity contribution is 6.32. The minimum absolute atomic E-state index is 0.321. The smallest absolute Gasteiger partial charge is 0.397 e. The number of hydrogen-bond donors (Lipinski definition) is 1. The van der Waals surface area contributed by atoms with Gasteiger partial charge in [-0.1, -0.05) is 12.1 Å². The molecule has 2 atom stereocenters. The Morgan fingerprint density at radius 3 is 2.43 bits per heavy atom. The second-order valence-corrected chi connectivity index (χ2v) is 8.78. The van der Waals surface area contributed by atoms with Crippen molar-refractivity contribution >= 4 is 22.8 Å². The van der Waals surface area contributed by atoms with Crippen LogP contribution in [-0.4, -0.2) is 40.9 Å². The van der Waals surface area contributed by atoms with E-state index in [1.165, 1.54) is 12.1 Å². The van der Waals surface area contributed by atoms with Crippen LogP contribution in [0.2, 0.25) is 0 Å². The number of carbonyl (C=O) groups excluding carboxylic acids is 2. The van der Waals surface area contributed by atoms with Gasteiger partial charge in [0.2, 0.25) is 0 Å². The molecule has 1 amide bonds. The third-order valence-corrected chi connectivity index (χ3v) is 5.64. The van der Waals surface area contributed by atoms with Gasteiger partial charge in [0.15, 0.2) is 0 Å². The van der Waals surface area contributed by atoms with Crippen molar-refractivity contribution in [2.24, 2.45) is 0 Å². The average molecular weight is 506 g/mol. The molecule has 37 heavy (non-hydrogen) atoms. The first kappa shape index (κ1) is 25.7. The maximum atomic E-state index is 13.3. The molecular formula is C28H28FN3O5. The number of benzene rings is 3. The SMILES string of the molecule is COc1cccc([C@H](Oc2ccc3c(cnn3-c3ccc(F)cc3)c2)[C@H](C)NC(=O)C(=O)OC(C)C)c1. The van der Waals surface area contributed by atoms with Gasteiger partial charge in [0.25, 0.3) is 0 Å². The number of fused-ring (bicyclic) bond motifs is 1. The van der Waals surface area contributed by atoms with E-state index in [1.54, 1.807) is 63.0 Å². The lowest BCUT2D eigenvalue weighted by Crippen LogP contribution is -2.43. The number of ether oxygens (including phenoxy) is 3. The molecule has 0 bridgehead atoms. The number of hydrogen-bond acceptors (Lipinski definition) is 6. The Balaban J connectivity index is 1.62. The Hall–Kier alpha value is -4.40. The van der Waals surface area contributed by atoms with Crippen molar-refractivity contribution in [3.05, 3.63) is 84.3 Å². The van der Waals surface area contributed by atoms with Gasteiger partial charge in [0, 0.05) is 5.39 Å². The summed E-state index contributed by atoms with van der Waals surface area (Å²) in [4.78, 5) is 24.5. The van der Waals surface area contributed by atoms with E-state index in [1.807, 2.05) is 30.3 Å². The van der Waals surface area contributed by atoms with Crippen LogP contribution in [0, 0.1) is 5.82 Å². The Morgan fingerprint density at radius 2 is 1.73 bits per heavy atom. The normalized spacial score (nSPS) is 12.7. The quantitative estimate of drug-likeness (QED) is 0.275. The number of methoxy groups -OCH3 is 1. The van der Waals surface area contributed by atoms with Crippen molar-refractivity contribution < 1.29 is 28.2 Å². The van der Waals surface area contributed by atoms with E-state index >= 15 is 0 Å². The zero-order chi connectivity index (χ0) is 26.5. The Bertz CT molecular complexity index is 1400. The Morgan fingerprint density at radius 1 is 0.973 bits per heavy atom. The van der Waals surface area contributed by atoms with Gasteiger partial charge >= 0.3 is 11.9 Å². The van der Waals surface area contributed by atoms with Crippen molar-refractivity contribution in [2.75, 3.05) is 7.11 Å². The van der Waals surface area contributed by atoms with Gasteiger partial charge in [0.05, 0.1) is 36.7 Å². The highest BCUT2D eigenvalue weighted by atomic mass is 19.1. The lowest BCUT2D eigenvalue weighted by atomic mass is 10.0. The van der Waals surface area contributed by atoms with E-state index in [4.69, 9.17) is 14.2 Å². The minimum Gasteiger partial charge on any atom is -0.497 e. The van der Waals surface area contributed by atoms with E-state index in [0.717, 1.165) is 22.2 Å². The van der Waals surface area contributed by atoms with Crippen LogP contribution in [0.15, 0.2) is 72.9 Å². The predicted octanol–water partition coefficient (Wildman–Crippen LogP) is 4.75. The Labute approximate surface area is 213 Å². The molecule has 1 heterocycles. The van der Waals surface area contributed by atoms with E-state index < -0.39 is 30.1 Å². The second-order valence-electron chi connectivity index (χ2n) is 8.78. The molecule has 0 radical (unpaired) electrons. The second kappa shape index (κ2) is 11.1. The zero-order valence-corrected chi connectivity index (χ0v) is 21.0. The summed E-state index contributed by atoms with van der Waals surface area (Å²) in [6.45, 7) is 5.09. The highest BCUT2D eigenvalue weighted by Crippen LogP contribution is 2.30. The van der Waals surface area contributed by atoms with Crippen molar-refractivity contribution in [2.45, 2.75) is 39.0 Å². The predicted molar refractivity (Wildman–Crippen MR) is 136 cm³/mol. The fraction of sp³-hybridized carbons (Fsp3) is 0.250. The number of carbonyl (C=O) groups is 2. The number of halogens is 1. The molecule has 0 saturated carbocycles. The van der Waals surface area contributed by atoms with Crippen LogP contribution in [0.1, 0.15) is 32.4 Å². The molecule has 0 spiro atoms. The number of nitrogens with zero attached hydrogens (tertiary/aromatic N) is 2. The molecule has 0 aliphatic heterocycles. The molecule has 4 aromatic rings. The van der Waals surface area contributed by atoms with Crippen LogP contribution in [0.25, 0.3) is 16.6 Å². The summed E-state index contributed by atoms with van der Waals surface area (Å²) in [5.74, 6) is -0.975. The molecule has 0 aliphatic carbocycles. The van der Waals surface area contributed by atoms with Crippen molar-refractivity contribution in [1.82, 2.24) is 15.1 Å². The standard InChI is InChI=1S/C28H28FN3O5/c1-17(2)36-28(34)27(33)31-18(3)26(19-6-5-7-23(14-19)35-4)37-24-12-13-25-20(15-24)16-30-32(25)22-10-8-21(29)9-11-22/h5-18,26H,1-4H3,(H,31,33)/t18-,26+/m0/s1. The maximum Gasteiger partial charge on any atom is 0.397 e. The first-order chi connectivity index (χ1) is 17.7. The van der Waals surface area contributed by atoms with E-state index in [-0.39, 0.29) is 5.82 Å². The van der Waals surface area contributed by atoms with Crippen molar-refractivity contribution in [1.29, 1.82) is 0 Å². The molecule has 1 aromatic heterocycles. The van der Waals surface area contributed by atoms with Gasteiger partial charge in [0.1, 0.15) is 23.4 Å². The van der Waals surface area contributed by atoms with Crippen LogP contribution >= 0.6 is 0 Å². The number of nitrogens with one attached hydrogen (secondary N) is 1. The van der Waals surface area contributed by atoms with Crippen LogP contribution in [-0.2, 0) is 14.3 Å². The van der Waals surface area contributed by atoms with Crippen LogP contribution in [0.3, 0.4) is 0 Å². The molecule has 4 rings (SSSR count). The van der Waals surface area contributed by atoms with Gasteiger partial charge in [-0.3, -0.25) is 4.79 Å². The largest absolute Gasteiger partial charge is 0.497 e. The molecule has 0 saturated heterocycles. The summed E-state index contributed by atoms with van der Waals surface area (Å²) >= 11 is 0. The first-order valence-corrected chi connectivity index (χ1v) is 11.8. The van der Waals surface area contributed by atoms with E-state index in [2.05, 4.69) is 10.4 Å². The fourth-order valence-electron chi connectivity index (χ4n) is 3.91. The first-order valence-electron chi connectivity index (χ1n) is 11.8. The van der Waals surface area contributed by atoms with Crippen LogP contribution in [0.5, 0.6) is 11.5 Å². The molecule has 0 fully saturated rings. The lowest BCUT2D eigenvalue weighted by molar-refractivity contribution is -0.158. The maximum absolute atomic E-state index is 13.3. The average Bonchev–Trinajstić information content (AvgIpc) is 3.30. The van der Waals surface area contributed by atoms with E-state index in [9.17, 15) is 14.0 Å². The molecular weight excluding hydrogens is 477 g/mol. The van der Waals surface area contributed by atoms with Gasteiger partial charge in [-0.2, -0.15) is 5.10 Å². The highest BCUT2D eigenvalue weighted by Gasteiger charge is 2.27. The molecule has 0 unspecified atom stereocenters. The molecule has 1 N–H and O–H groups in total. The summed E-state index contributed by atoms with van der Waals surface area (Å²) < 4.78 is 31.8.